The van der Waals surface area contributed by atoms with Gasteiger partial charge >= 0.3 is 0 Å². The highest BCUT2D eigenvalue weighted by atomic mass is 32.2. The lowest BCUT2D eigenvalue weighted by molar-refractivity contribution is 0.471. The van der Waals surface area contributed by atoms with Crippen LogP contribution in [-0.4, -0.2) is 49.1 Å². The van der Waals surface area contributed by atoms with E-state index in [1.807, 2.05) is 30.3 Å². The number of hydrogen-bond acceptors (Lipinski definition) is 17. The summed E-state index contributed by atoms with van der Waals surface area (Å²) in [4.78, 5) is -2.32. The number of nitrogens with one attached hydrogen (secondary N) is 1. The predicted octanol–water partition coefficient (Wildman–Crippen LogP) is 12.3. The minimum Gasteiger partial charge on any atom is -0.506 e. The molecule has 0 spiro atoms. The molecule has 6 N–H and O–H groups in total. The number of aromatic hydroxyl groups is 2. The van der Waals surface area contributed by atoms with E-state index in [9.17, 15) is 49.1 Å². The molecular formula is C43H35N9O11S3. The molecule has 0 aliphatic heterocycles. The number of fused-ring (bicyclic) bond motifs is 1. The molecule has 0 aliphatic carbocycles. The van der Waals surface area contributed by atoms with E-state index in [4.69, 9.17) is 0 Å². The van der Waals surface area contributed by atoms with Crippen molar-refractivity contribution in [3.63, 3.8) is 0 Å². The monoisotopic (exact) mass is 949 g/mol. The van der Waals surface area contributed by atoms with E-state index < -0.39 is 56.5 Å². The van der Waals surface area contributed by atoms with Crippen LogP contribution in [0.1, 0.15) is 16.7 Å². The highest BCUT2D eigenvalue weighted by molar-refractivity contribution is 7.87. The molecule has 0 amide bonds. The Labute approximate surface area is 376 Å². The molecule has 0 atom stereocenters. The van der Waals surface area contributed by atoms with Crippen LogP contribution < -0.4 is 5.32 Å². The summed E-state index contributed by atoms with van der Waals surface area (Å²) in [5.41, 5.74) is 4.21. The van der Waals surface area contributed by atoms with E-state index in [-0.39, 0.29) is 33.9 Å². The second-order valence-electron chi connectivity index (χ2n) is 14.4. The van der Waals surface area contributed by atoms with Crippen LogP contribution in [0.25, 0.3) is 10.8 Å². The van der Waals surface area contributed by atoms with E-state index >= 15 is 0 Å². The van der Waals surface area contributed by atoms with Crippen molar-refractivity contribution in [1.82, 2.24) is 0 Å². The lowest BCUT2D eigenvalue weighted by atomic mass is 10.1. The zero-order valence-corrected chi connectivity index (χ0v) is 37.0. The summed E-state index contributed by atoms with van der Waals surface area (Å²) in [5.74, 6) is -0.941. The van der Waals surface area contributed by atoms with Gasteiger partial charge in [-0.05, 0) is 140 Å². The lowest BCUT2D eigenvalue weighted by Crippen LogP contribution is -2.03. The average molecular weight is 950 g/mol. The van der Waals surface area contributed by atoms with E-state index in [1.54, 1.807) is 63.2 Å². The first-order valence-corrected chi connectivity index (χ1v) is 23.4. The quantitative estimate of drug-likeness (QED) is 0.0464. The summed E-state index contributed by atoms with van der Waals surface area (Å²) in [7, 11) is -14.6. The Morgan fingerprint density at radius 1 is 0.439 bits per heavy atom. The largest absolute Gasteiger partial charge is 0.506 e. The van der Waals surface area contributed by atoms with Gasteiger partial charge in [-0.2, -0.15) is 50.8 Å². The van der Waals surface area contributed by atoms with E-state index in [1.165, 1.54) is 30.3 Å². The SMILES string of the molecule is Cc1cc(N=Nc2cc(O)c(N=Nc3c(S(=O)(=O)O)cc4cc(Nc5ccccc5)ccc4c3O)cc2C)c(C)cc1N=Nc1ccc(N=Nc2ccc(S(=O)(=O)O)cc2S(=O)(=O)O)cc1. The number of anilines is 2. The summed E-state index contributed by atoms with van der Waals surface area (Å²) in [6.45, 7) is 5.25. The molecule has 0 aromatic heterocycles. The summed E-state index contributed by atoms with van der Waals surface area (Å²) in [5, 5.41) is 58.7. The fourth-order valence-electron chi connectivity index (χ4n) is 6.23. The lowest BCUT2D eigenvalue weighted by Gasteiger charge is -2.11. The smallest absolute Gasteiger partial charge is 0.296 e. The maximum atomic E-state index is 12.5. The second-order valence-corrected chi connectivity index (χ2v) is 18.6. The number of azo groups is 4. The highest BCUT2D eigenvalue weighted by Crippen LogP contribution is 2.44. The Balaban J connectivity index is 1.05. The standard InChI is InChI=1S/C43H35N9O11S3/c1-24-18-36(25(2)17-35(24)48-46-30-11-9-29(10-12-30)45-47-34-16-14-32(64(55,56)57)22-40(34)65(58,59)60)49-50-37-23-39(53)38(19-26(37)3)51-52-42-41(66(61,62)63)21-27-20-31(13-15-33(27)43(42)54)44-28-7-5-4-6-8-28/h4-23,44,53-54H,1-3H3,(H,55,56,57)(H,58,59,60)(H,61,62,63). The van der Waals surface area contributed by atoms with Crippen molar-refractivity contribution in [2.45, 2.75) is 35.5 Å². The molecule has 0 unspecified atom stereocenters. The molecule has 23 heteroatoms. The Kier molecular flexibility index (Phi) is 12.9. The normalized spacial score (nSPS) is 12.6. The van der Waals surface area contributed by atoms with Crippen molar-refractivity contribution < 1.29 is 49.1 Å². The fourth-order valence-corrected chi connectivity index (χ4v) is 8.12. The highest BCUT2D eigenvalue weighted by Gasteiger charge is 2.23. The molecule has 0 saturated heterocycles. The third-order valence-corrected chi connectivity index (χ3v) is 12.2. The van der Waals surface area contributed by atoms with Gasteiger partial charge in [-0.15, -0.1) is 15.3 Å². The Bertz CT molecular complexity index is 3530. The molecular weight excluding hydrogens is 915 g/mol. The van der Waals surface area contributed by atoms with Crippen molar-refractivity contribution >= 4 is 98.0 Å². The molecule has 0 radical (unpaired) electrons. The number of phenols is 2. The van der Waals surface area contributed by atoms with Crippen molar-refractivity contribution in [2.75, 3.05) is 5.32 Å². The summed E-state index contributed by atoms with van der Waals surface area (Å²) >= 11 is 0. The molecule has 0 bridgehead atoms. The number of aryl methyl sites for hydroxylation is 3. The van der Waals surface area contributed by atoms with Crippen molar-refractivity contribution in [3.05, 3.63) is 138 Å². The van der Waals surface area contributed by atoms with Gasteiger partial charge in [0.15, 0.2) is 5.75 Å². The van der Waals surface area contributed by atoms with Crippen LogP contribution in [-0.2, 0) is 30.4 Å². The van der Waals surface area contributed by atoms with Crippen LogP contribution >= 0.6 is 0 Å². The van der Waals surface area contributed by atoms with Crippen molar-refractivity contribution in [1.29, 1.82) is 0 Å². The second kappa shape index (κ2) is 18.4. The summed E-state index contributed by atoms with van der Waals surface area (Å²) in [6, 6.07) is 30.0. The molecule has 0 saturated carbocycles. The molecule has 20 nitrogen and oxygen atoms in total. The number of benzene rings is 7. The molecule has 0 aliphatic rings. The van der Waals surface area contributed by atoms with Gasteiger partial charge in [0.25, 0.3) is 30.4 Å². The van der Waals surface area contributed by atoms with Gasteiger partial charge in [0.2, 0.25) is 0 Å². The predicted molar refractivity (Wildman–Crippen MR) is 243 cm³/mol. The molecule has 66 heavy (non-hydrogen) atoms. The van der Waals surface area contributed by atoms with Crippen LogP contribution in [0.2, 0.25) is 0 Å². The van der Waals surface area contributed by atoms with Gasteiger partial charge in [-0.1, -0.05) is 18.2 Å². The van der Waals surface area contributed by atoms with Crippen molar-refractivity contribution in [3.8, 4) is 11.5 Å². The van der Waals surface area contributed by atoms with Gasteiger partial charge in [0.1, 0.15) is 32.6 Å². The Morgan fingerprint density at radius 2 is 0.955 bits per heavy atom. The van der Waals surface area contributed by atoms with E-state index in [0.717, 1.165) is 17.8 Å². The first-order chi connectivity index (χ1) is 31.1. The third-order valence-electron chi connectivity index (χ3n) is 9.63. The van der Waals surface area contributed by atoms with Gasteiger partial charge in [0, 0.05) is 22.8 Å². The fraction of sp³-hybridized carbons (Fsp3) is 0.0698. The maximum absolute atomic E-state index is 12.5. The number of hydrogen-bond donors (Lipinski definition) is 6. The Morgan fingerprint density at radius 3 is 1.52 bits per heavy atom. The molecule has 336 valence electrons. The molecule has 7 aromatic carbocycles. The van der Waals surface area contributed by atoms with Gasteiger partial charge in [-0.25, -0.2) is 0 Å². The van der Waals surface area contributed by atoms with Crippen molar-refractivity contribution in [2.24, 2.45) is 40.9 Å². The van der Waals surface area contributed by atoms with Gasteiger partial charge in [0.05, 0.1) is 33.3 Å². The van der Waals surface area contributed by atoms with Crippen LogP contribution in [0, 0.1) is 20.8 Å². The number of para-hydroxylation sites is 1. The van der Waals surface area contributed by atoms with Crippen LogP contribution in [0.4, 0.5) is 56.9 Å². The van der Waals surface area contributed by atoms with Gasteiger partial charge < -0.3 is 15.5 Å². The average Bonchev–Trinajstić information content (AvgIpc) is 3.25. The summed E-state index contributed by atoms with van der Waals surface area (Å²) in [6.07, 6.45) is 0. The number of rotatable bonds is 13. The number of phenolic OH excluding ortho intramolecular Hbond substituents is 2. The maximum Gasteiger partial charge on any atom is 0.296 e. The summed E-state index contributed by atoms with van der Waals surface area (Å²) < 4.78 is 100. The minimum atomic E-state index is -4.93. The number of nitrogens with zero attached hydrogens (tertiary/aromatic N) is 8. The van der Waals surface area contributed by atoms with Crippen LogP contribution in [0.15, 0.2) is 177 Å². The topological polar surface area (TPSA) is 314 Å². The Hall–Kier alpha value is -7.67. The molecule has 0 heterocycles. The van der Waals surface area contributed by atoms with Crippen LogP contribution in [0.5, 0.6) is 11.5 Å². The van der Waals surface area contributed by atoms with E-state index in [2.05, 4.69) is 46.2 Å². The molecule has 0 fully saturated rings. The van der Waals surface area contributed by atoms with Gasteiger partial charge in [-0.3, -0.25) is 13.7 Å². The zero-order chi connectivity index (χ0) is 47.6. The third kappa shape index (κ3) is 10.8. The first-order valence-electron chi connectivity index (χ1n) is 19.0. The molecule has 7 aromatic rings. The minimum absolute atomic E-state index is 0.0870. The van der Waals surface area contributed by atoms with E-state index in [0.29, 0.717) is 50.9 Å². The zero-order valence-electron chi connectivity index (χ0n) is 34.5. The van der Waals surface area contributed by atoms with Crippen LogP contribution in [0.3, 0.4) is 0 Å². The molecule has 7 rings (SSSR count). The first kappa shape index (κ1) is 46.3.